The van der Waals surface area contributed by atoms with Gasteiger partial charge in [-0.05, 0) is 25.2 Å². The minimum absolute atomic E-state index is 0.0571. The highest BCUT2D eigenvalue weighted by Crippen LogP contribution is 2.28. The van der Waals surface area contributed by atoms with Crippen molar-refractivity contribution in [2.45, 2.75) is 18.5 Å². The number of hydrogen-bond acceptors (Lipinski definition) is 3. The Morgan fingerprint density at radius 2 is 2.00 bits per heavy atom. The number of carbonyl (C=O) groups excluding carboxylic acids is 1. The summed E-state index contributed by atoms with van der Waals surface area (Å²) >= 11 is 0. The fraction of sp³-hybridized carbons (Fsp3) is 0.417. The van der Waals surface area contributed by atoms with Crippen LogP contribution in [0, 0.1) is 0 Å². The number of rotatable bonds is 2. The summed E-state index contributed by atoms with van der Waals surface area (Å²) in [6, 6.07) is 6.30. The van der Waals surface area contributed by atoms with Crippen molar-refractivity contribution in [2.75, 3.05) is 18.4 Å². The first-order valence-corrected chi connectivity index (χ1v) is 5.61. The third-order valence-electron chi connectivity index (χ3n) is 2.96. The van der Waals surface area contributed by atoms with E-state index in [1.165, 1.54) is 12.1 Å². The number of phenols is 1. The Bertz CT molecular complexity index is 417. The van der Waals surface area contributed by atoms with Crippen LogP contribution in [0.4, 0.5) is 10.1 Å². The van der Waals surface area contributed by atoms with Crippen LogP contribution in [-0.4, -0.2) is 29.8 Å². The minimum Gasteiger partial charge on any atom is -0.506 e. The number of benzene rings is 1. The molecule has 1 saturated heterocycles. The molecule has 1 aliphatic rings. The highest BCUT2D eigenvalue weighted by atomic mass is 19.1. The van der Waals surface area contributed by atoms with Gasteiger partial charge in [-0.3, -0.25) is 4.79 Å². The topological polar surface area (TPSA) is 61.4 Å². The number of hydrogen-bond donors (Lipinski definition) is 3. The van der Waals surface area contributed by atoms with E-state index in [4.69, 9.17) is 0 Å². The molecule has 17 heavy (non-hydrogen) atoms. The van der Waals surface area contributed by atoms with Gasteiger partial charge < -0.3 is 15.7 Å². The number of halogens is 1. The zero-order valence-corrected chi connectivity index (χ0v) is 9.37. The lowest BCUT2D eigenvalue weighted by atomic mass is 9.93. The largest absolute Gasteiger partial charge is 0.506 e. The van der Waals surface area contributed by atoms with E-state index >= 15 is 0 Å². The molecule has 92 valence electrons. The van der Waals surface area contributed by atoms with Crippen molar-refractivity contribution in [3.05, 3.63) is 24.3 Å². The van der Waals surface area contributed by atoms with Crippen molar-refractivity contribution in [1.29, 1.82) is 0 Å². The quantitative estimate of drug-likeness (QED) is 0.683. The lowest BCUT2D eigenvalue weighted by Crippen LogP contribution is -2.47. The molecule has 0 aromatic heterocycles. The Morgan fingerprint density at radius 1 is 1.35 bits per heavy atom. The van der Waals surface area contributed by atoms with Crippen LogP contribution in [0.2, 0.25) is 0 Å². The Morgan fingerprint density at radius 3 is 2.65 bits per heavy atom. The van der Waals surface area contributed by atoms with Gasteiger partial charge in [-0.2, -0.15) is 0 Å². The monoisotopic (exact) mass is 238 g/mol. The molecule has 1 amide bonds. The van der Waals surface area contributed by atoms with Gasteiger partial charge in [0.1, 0.15) is 5.75 Å². The molecular formula is C12H15FN2O2. The molecule has 2 rings (SSSR count). The average molecular weight is 238 g/mol. The van der Waals surface area contributed by atoms with E-state index in [1.807, 2.05) is 0 Å². The molecule has 1 aliphatic heterocycles. The third-order valence-corrected chi connectivity index (χ3v) is 2.96. The molecule has 3 N–H and O–H groups in total. The Hall–Kier alpha value is -1.62. The fourth-order valence-corrected chi connectivity index (χ4v) is 1.86. The van der Waals surface area contributed by atoms with Crippen LogP contribution in [0.25, 0.3) is 0 Å². The van der Waals surface area contributed by atoms with Gasteiger partial charge in [0.15, 0.2) is 5.67 Å². The van der Waals surface area contributed by atoms with Crippen LogP contribution in [-0.2, 0) is 4.79 Å². The molecule has 5 heteroatoms. The summed E-state index contributed by atoms with van der Waals surface area (Å²) in [5.74, 6) is -0.737. The smallest absolute Gasteiger partial charge is 0.262 e. The number of nitrogens with one attached hydrogen (secondary N) is 2. The van der Waals surface area contributed by atoms with Gasteiger partial charge in [-0.25, -0.2) is 4.39 Å². The lowest BCUT2D eigenvalue weighted by Gasteiger charge is -2.28. The lowest BCUT2D eigenvalue weighted by molar-refractivity contribution is -0.129. The van der Waals surface area contributed by atoms with Gasteiger partial charge in [0.25, 0.3) is 5.91 Å². The van der Waals surface area contributed by atoms with Crippen LogP contribution in [0.3, 0.4) is 0 Å². The van der Waals surface area contributed by atoms with E-state index in [1.54, 1.807) is 12.1 Å². The highest BCUT2D eigenvalue weighted by Gasteiger charge is 2.39. The average Bonchev–Trinajstić information content (AvgIpc) is 2.33. The van der Waals surface area contributed by atoms with Crippen LogP contribution < -0.4 is 10.6 Å². The number of phenolic OH excluding ortho intramolecular Hbond substituents is 1. The maximum Gasteiger partial charge on any atom is 0.262 e. The van der Waals surface area contributed by atoms with Gasteiger partial charge in [-0.1, -0.05) is 12.1 Å². The predicted molar refractivity (Wildman–Crippen MR) is 62.7 cm³/mol. The second-order valence-electron chi connectivity index (χ2n) is 4.19. The summed E-state index contributed by atoms with van der Waals surface area (Å²) < 4.78 is 14.2. The highest BCUT2D eigenvalue weighted by molar-refractivity contribution is 5.98. The van der Waals surface area contributed by atoms with E-state index < -0.39 is 11.6 Å². The Kier molecular flexibility index (Phi) is 3.28. The SMILES string of the molecule is O=C(Nc1ccccc1O)C1(F)CCNCC1. The first-order chi connectivity index (χ1) is 8.12. The van der Waals surface area contributed by atoms with Gasteiger partial charge in [-0.15, -0.1) is 0 Å². The van der Waals surface area contributed by atoms with Gasteiger partial charge in [0.2, 0.25) is 0 Å². The first-order valence-electron chi connectivity index (χ1n) is 5.61. The number of piperidine rings is 1. The molecule has 1 fully saturated rings. The van der Waals surface area contributed by atoms with Crippen molar-refractivity contribution in [3.63, 3.8) is 0 Å². The standard InChI is InChI=1S/C12H15FN2O2/c13-12(5-7-14-8-6-12)11(17)15-9-3-1-2-4-10(9)16/h1-4,14,16H,5-8H2,(H,15,17). The summed E-state index contributed by atoms with van der Waals surface area (Å²) in [7, 11) is 0. The van der Waals surface area contributed by atoms with Crippen molar-refractivity contribution < 1.29 is 14.3 Å². The molecule has 1 heterocycles. The Balaban J connectivity index is 2.08. The third kappa shape index (κ3) is 2.55. The molecule has 0 spiro atoms. The van der Waals surface area contributed by atoms with Crippen molar-refractivity contribution in [1.82, 2.24) is 5.32 Å². The fourth-order valence-electron chi connectivity index (χ4n) is 1.86. The summed E-state index contributed by atoms with van der Waals surface area (Å²) in [5, 5.41) is 14.9. The van der Waals surface area contributed by atoms with E-state index in [-0.39, 0.29) is 24.3 Å². The number of para-hydroxylation sites is 2. The number of amides is 1. The minimum atomic E-state index is -1.84. The van der Waals surface area contributed by atoms with Crippen LogP contribution in [0.5, 0.6) is 5.75 Å². The number of carbonyl (C=O) groups is 1. The molecule has 0 unspecified atom stereocenters. The second kappa shape index (κ2) is 4.71. The van der Waals surface area contributed by atoms with Gasteiger partial charge >= 0.3 is 0 Å². The van der Waals surface area contributed by atoms with E-state index in [0.29, 0.717) is 13.1 Å². The molecule has 0 aliphatic carbocycles. The van der Waals surface area contributed by atoms with E-state index in [2.05, 4.69) is 10.6 Å². The van der Waals surface area contributed by atoms with Gasteiger partial charge in [0, 0.05) is 12.8 Å². The Labute approximate surface area is 98.8 Å². The normalized spacial score (nSPS) is 18.6. The zero-order valence-electron chi connectivity index (χ0n) is 9.37. The molecule has 0 bridgehead atoms. The summed E-state index contributed by atoms with van der Waals surface area (Å²) in [6.45, 7) is 0.982. The zero-order chi connectivity index (χ0) is 12.3. The van der Waals surface area contributed by atoms with E-state index in [9.17, 15) is 14.3 Å². The van der Waals surface area contributed by atoms with Crippen molar-refractivity contribution >= 4 is 11.6 Å². The summed E-state index contributed by atoms with van der Waals surface area (Å²) in [4.78, 5) is 11.8. The van der Waals surface area contributed by atoms with Crippen LogP contribution in [0.1, 0.15) is 12.8 Å². The van der Waals surface area contributed by atoms with Crippen LogP contribution >= 0.6 is 0 Å². The molecule has 0 saturated carbocycles. The summed E-state index contributed by atoms with van der Waals surface area (Å²) in [5.41, 5.74) is -1.60. The van der Waals surface area contributed by atoms with Crippen molar-refractivity contribution in [2.24, 2.45) is 0 Å². The van der Waals surface area contributed by atoms with Gasteiger partial charge in [0.05, 0.1) is 5.69 Å². The maximum absolute atomic E-state index is 14.2. The van der Waals surface area contributed by atoms with Crippen LogP contribution in [0.15, 0.2) is 24.3 Å². The van der Waals surface area contributed by atoms with E-state index in [0.717, 1.165) is 0 Å². The molecule has 0 radical (unpaired) electrons. The maximum atomic E-state index is 14.2. The molecular weight excluding hydrogens is 223 g/mol. The number of anilines is 1. The molecule has 0 atom stereocenters. The molecule has 1 aromatic carbocycles. The molecule has 1 aromatic rings. The van der Waals surface area contributed by atoms with Crippen molar-refractivity contribution in [3.8, 4) is 5.75 Å². The number of alkyl halides is 1. The second-order valence-corrected chi connectivity index (χ2v) is 4.19. The first kappa shape index (κ1) is 11.9. The number of aromatic hydroxyl groups is 1. The summed E-state index contributed by atoms with van der Waals surface area (Å²) in [6.07, 6.45) is 0.318. The molecule has 4 nitrogen and oxygen atoms in total. The predicted octanol–water partition coefficient (Wildman–Crippen LogP) is 1.42.